The van der Waals surface area contributed by atoms with E-state index in [1.807, 2.05) is 36.4 Å². The number of nitrogens with one attached hydrogen (secondary N) is 1. The molecule has 1 amide bonds. The number of amides is 1. The second kappa shape index (κ2) is 10.2. The first-order valence-electron chi connectivity index (χ1n) is 9.47. The molecule has 31 heavy (non-hydrogen) atoms. The van der Waals surface area contributed by atoms with Crippen LogP contribution in [0.4, 0.5) is 5.69 Å². The fourth-order valence-corrected chi connectivity index (χ4v) is 4.07. The highest BCUT2D eigenvalue weighted by Crippen LogP contribution is 2.31. The Morgan fingerprint density at radius 2 is 1.32 bits per heavy atom. The highest BCUT2D eigenvalue weighted by atomic mass is 35.7. The summed E-state index contributed by atoms with van der Waals surface area (Å²) >= 11 is 0. The van der Waals surface area contributed by atoms with Crippen LogP contribution in [0, 0.1) is 0 Å². The summed E-state index contributed by atoms with van der Waals surface area (Å²) < 4.78 is 23.4. The Labute approximate surface area is 185 Å². The molecule has 0 aromatic heterocycles. The van der Waals surface area contributed by atoms with Crippen LogP contribution in [0.1, 0.15) is 15.9 Å². The summed E-state index contributed by atoms with van der Waals surface area (Å²) in [4.78, 5) is 12.3. The van der Waals surface area contributed by atoms with Crippen molar-refractivity contribution in [3.63, 3.8) is 0 Å². The number of benzene rings is 4. The summed E-state index contributed by atoms with van der Waals surface area (Å²) in [7, 11) is 1.61. The van der Waals surface area contributed by atoms with Gasteiger partial charge >= 0.3 is 0 Å². The molecule has 0 bridgehead atoms. The third-order valence-electron chi connectivity index (χ3n) is 4.51. The molecule has 0 aliphatic heterocycles. The van der Waals surface area contributed by atoms with Gasteiger partial charge in [0.05, 0.1) is 4.90 Å². The third kappa shape index (κ3) is 5.92. The number of halogens is 1. The molecule has 4 aromatic rings. The van der Waals surface area contributed by atoms with Gasteiger partial charge in [-0.25, -0.2) is 8.42 Å². The quantitative estimate of drug-likeness (QED) is 0.418. The Hall–Kier alpha value is -3.19. The Bertz CT molecular complexity index is 1280. The molecule has 0 radical (unpaired) electrons. The van der Waals surface area contributed by atoms with Crippen LogP contribution in [-0.2, 0) is 15.6 Å². The second-order valence-corrected chi connectivity index (χ2v) is 9.14. The monoisotopic (exact) mass is 452 g/mol. The van der Waals surface area contributed by atoms with Crippen LogP contribution in [0.2, 0.25) is 0 Å². The van der Waals surface area contributed by atoms with Crippen LogP contribution in [0.25, 0.3) is 10.8 Å². The van der Waals surface area contributed by atoms with E-state index in [1.165, 1.54) is 11.6 Å². The molecule has 4 aromatic carbocycles. The second-order valence-electron chi connectivity index (χ2n) is 6.60. The average molecular weight is 453 g/mol. The van der Waals surface area contributed by atoms with E-state index < -0.39 is 9.05 Å². The van der Waals surface area contributed by atoms with E-state index >= 15 is 0 Å². The van der Waals surface area contributed by atoms with Crippen LogP contribution >= 0.6 is 10.7 Å². The molecule has 4 rings (SSSR count). The predicted molar refractivity (Wildman–Crippen MR) is 126 cm³/mol. The van der Waals surface area contributed by atoms with Gasteiger partial charge in [-0.2, -0.15) is 0 Å². The number of carbonyl (C=O) groups excluding carboxylic acids is 1. The van der Waals surface area contributed by atoms with Gasteiger partial charge in [0, 0.05) is 39.3 Å². The molecule has 0 saturated heterocycles. The van der Waals surface area contributed by atoms with Crippen molar-refractivity contribution in [3.8, 4) is 0 Å². The van der Waals surface area contributed by atoms with E-state index in [2.05, 4.69) is 5.32 Å². The minimum Gasteiger partial charge on any atom is -0.326 e. The Kier molecular flexibility index (Phi) is 7.41. The topological polar surface area (TPSA) is 89.3 Å². The molecule has 7 heteroatoms. The molecule has 0 atom stereocenters. The Morgan fingerprint density at radius 3 is 1.87 bits per heavy atom. The zero-order chi connectivity index (χ0) is 22.3. The molecular weight excluding hydrogens is 432 g/mol. The zero-order valence-corrected chi connectivity index (χ0v) is 18.1. The third-order valence-corrected chi connectivity index (χ3v) is 5.89. The van der Waals surface area contributed by atoms with Crippen molar-refractivity contribution < 1.29 is 13.2 Å². The fraction of sp³-hybridized carbons (Fsp3) is 0.0417. The average Bonchev–Trinajstić information content (AvgIpc) is 2.80. The summed E-state index contributed by atoms with van der Waals surface area (Å²) in [5.74, 6) is -0.266. The van der Waals surface area contributed by atoms with E-state index in [-0.39, 0.29) is 10.8 Å². The molecule has 5 nitrogen and oxygen atoms in total. The van der Waals surface area contributed by atoms with E-state index in [9.17, 15) is 13.2 Å². The number of nitrogens with two attached hydrogens (primary N) is 1. The zero-order valence-electron chi connectivity index (χ0n) is 16.5. The lowest BCUT2D eigenvalue weighted by Crippen LogP contribution is -2.12. The number of rotatable bonds is 4. The van der Waals surface area contributed by atoms with Crippen molar-refractivity contribution in [2.24, 2.45) is 5.73 Å². The molecule has 0 spiro atoms. The molecular formula is C24H21ClN2O3S. The maximum absolute atomic E-state index is 12.3. The largest absolute Gasteiger partial charge is 0.326 e. The van der Waals surface area contributed by atoms with Crippen LogP contribution in [0.5, 0.6) is 0 Å². The summed E-state index contributed by atoms with van der Waals surface area (Å²) in [5, 5.41) is 3.88. The lowest BCUT2D eigenvalue weighted by molar-refractivity contribution is 0.102. The summed E-state index contributed by atoms with van der Waals surface area (Å²) in [5.41, 5.74) is 7.58. The number of fused-ring (bicyclic) bond motifs is 1. The van der Waals surface area contributed by atoms with Gasteiger partial charge in [-0.3, -0.25) is 4.79 Å². The van der Waals surface area contributed by atoms with Crippen LogP contribution in [-0.4, -0.2) is 14.3 Å². The molecule has 0 heterocycles. The standard InChI is InChI=1S/C17H12ClNO3S.C7H9N/c18-23(21,22)16-11-10-15(13-8-4-5-9-14(13)16)19-17(20)12-6-2-1-3-7-12;8-6-7-4-2-1-3-5-7/h1-11H,(H,19,20);1-5H,6,8H2. The fourth-order valence-electron chi connectivity index (χ4n) is 2.99. The normalized spacial score (nSPS) is 10.8. The van der Waals surface area contributed by atoms with Crippen molar-refractivity contribution in [2.75, 3.05) is 5.32 Å². The van der Waals surface area contributed by atoms with Gasteiger partial charge in [0.25, 0.3) is 15.0 Å². The van der Waals surface area contributed by atoms with Gasteiger partial charge < -0.3 is 11.1 Å². The van der Waals surface area contributed by atoms with Gasteiger partial charge in [-0.05, 0) is 29.8 Å². The van der Waals surface area contributed by atoms with Gasteiger partial charge in [0.2, 0.25) is 0 Å². The first-order chi connectivity index (χ1) is 14.9. The van der Waals surface area contributed by atoms with E-state index in [4.69, 9.17) is 16.4 Å². The van der Waals surface area contributed by atoms with Crippen LogP contribution in [0.15, 0.2) is 102 Å². The maximum atomic E-state index is 12.3. The van der Waals surface area contributed by atoms with Gasteiger partial charge in [0.15, 0.2) is 0 Å². The van der Waals surface area contributed by atoms with Gasteiger partial charge in [-0.15, -0.1) is 0 Å². The van der Waals surface area contributed by atoms with Crippen molar-refractivity contribution >= 4 is 42.1 Å². The Balaban J connectivity index is 0.000000287. The van der Waals surface area contributed by atoms with Crippen molar-refractivity contribution in [3.05, 3.63) is 108 Å². The lowest BCUT2D eigenvalue weighted by atomic mass is 10.1. The van der Waals surface area contributed by atoms with Crippen molar-refractivity contribution in [1.29, 1.82) is 0 Å². The smallest absolute Gasteiger partial charge is 0.261 e. The van der Waals surface area contributed by atoms with Gasteiger partial charge in [-0.1, -0.05) is 72.8 Å². The van der Waals surface area contributed by atoms with Crippen molar-refractivity contribution in [1.82, 2.24) is 0 Å². The highest BCUT2D eigenvalue weighted by Gasteiger charge is 2.16. The molecule has 0 saturated carbocycles. The molecule has 0 unspecified atom stereocenters. The Morgan fingerprint density at radius 1 is 0.774 bits per heavy atom. The summed E-state index contributed by atoms with van der Waals surface area (Å²) in [6, 6.07) is 28.6. The minimum atomic E-state index is -3.87. The van der Waals surface area contributed by atoms with E-state index in [0.29, 0.717) is 28.6 Å². The SMILES string of the molecule is NCc1ccccc1.O=C(Nc1ccc(S(=O)(=O)Cl)c2ccccc12)c1ccccc1. The molecule has 3 N–H and O–H groups in total. The van der Waals surface area contributed by atoms with E-state index in [1.54, 1.807) is 54.6 Å². The van der Waals surface area contributed by atoms with Crippen LogP contribution in [0.3, 0.4) is 0 Å². The summed E-state index contributed by atoms with van der Waals surface area (Å²) in [6.07, 6.45) is 0. The molecule has 0 fully saturated rings. The lowest BCUT2D eigenvalue weighted by Gasteiger charge is -2.11. The van der Waals surface area contributed by atoms with Gasteiger partial charge in [0.1, 0.15) is 0 Å². The number of carbonyl (C=O) groups is 1. The summed E-state index contributed by atoms with van der Waals surface area (Å²) in [6.45, 7) is 0.640. The van der Waals surface area contributed by atoms with Crippen molar-refractivity contribution in [2.45, 2.75) is 11.4 Å². The first kappa shape index (κ1) is 22.5. The molecule has 0 aliphatic carbocycles. The number of hydrogen-bond acceptors (Lipinski definition) is 4. The molecule has 158 valence electrons. The number of anilines is 1. The van der Waals surface area contributed by atoms with E-state index in [0.717, 1.165) is 0 Å². The predicted octanol–water partition coefficient (Wildman–Crippen LogP) is 5.16. The minimum absolute atomic E-state index is 0.0208. The number of hydrogen-bond donors (Lipinski definition) is 2. The first-order valence-corrected chi connectivity index (χ1v) is 11.8. The molecule has 0 aliphatic rings. The highest BCUT2D eigenvalue weighted by molar-refractivity contribution is 8.14. The maximum Gasteiger partial charge on any atom is 0.261 e. The van der Waals surface area contributed by atoms with Crippen LogP contribution < -0.4 is 11.1 Å².